The van der Waals surface area contributed by atoms with Crippen LogP contribution >= 0.6 is 11.3 Å². The van der Waals surface area contributed by atoms with E-state index < -0.39 is 0 Å². The van der Waals surface area contributed by atoms with Crippen molar-refractivity contribution in [3.05, 3.63) is 130 Å². The molecule has 202 valence electrons. The zero-order chi connectivity index (χ0) is 28.8. The summed E-state index contributed by atoms with van der Waals surface area (Å²) in [6.07, 6.45) is 9.63. The van der Waals surface area contributed by atoms with E-state index in [1.807, 2.05) is 6.07 Å². The van der Waals surface area contributed by atoms with Crippen LogP contribution in [0.3, 0.4) is 0 Å². The van der Waals surface area contributed by atoms with Gasteiger partial charge in [-0.05, 0) is 16.2 Å². The van der Waals surface area contributed by atoms with Crippen molar-refractivity contribution in [3.8, 4) is 0 Å². The molecule has 0 saturated carbocycles. The Labute approximate surface area is 260 Å². The zero-order valence-electron chi connectivity index (χ0n) is 24.7. The van der Waals surface area contributed by atoms with E-state index in [1.54, 1.807) is 11.3 Å². The predicted molar refractivity (Wildman–Crippen MR) is 175 cm³/mol. The molecule has 4 aromatic carbocycles. The SMILES string of the molecule is CC(C)(C)c1ccc2c(c1)[cH-]c1cc(C(C)(C)C)ccc12.[C-]1=C(c2ccsc2)C=CC1.[Zr+2]=[CH]Cc1ccccc1. The topological polar surface area (TPSA) is 0 Å². The van der Waals surface area contributed by atoms with Crippen LogP contribution in [0.5, 0.6) is 0 Å². The molecule has 1 aliphatic rings. The molecule has 40 heavy (non-hydrogen) atoms. The molecule has 0 aliphatic heterocycles. The van der Waals surface area contributed by atoms with Crippen molar-refractivity contribution < 1.29 is 24.2 Å². The van der Waals surface area contributed by atoms with Gasteiger partial charge in [-0.1, -0.05) is 94.8 Å². The molecule has 0 nitrogen and oxygen atoms in total. The number of benzene rings is 3. The summed E-state index contributed by atoms with van der Waals surface area (Å²) >= 11 is 3.24. The molecule has 0 saturated heterocycles. The molecular formula is C38H40SZr. The maximum absolute atomic E-state index is 3.27. The minimum atomic E-state index is 0.203. The van der Waals surface area contributed by atoms with Crippen LogP contribution in [-0.4, -0.2) is 3.71 Å². The maximum atomic E-state index is 3.27. The normalized spacial score (nSPS) is 12.9. The van der Waals surface area contributed by atoms with Crippen molar-refractivity contribution in [1.82, 2.24) is 0 Å². The van der Waals surface area contributed by atoms with Crippen molar-refractivity contribution in [1.29, 1.82) is 0 Å². The van der Waals surface area contributed by atoms with Gasteiger partial charge in [-0.3, -0.25) is 0 Å². The Bertz CT molecular complexity index is 1530. The number of thiophene rings is 1. The van der Waals surface area contributed by atoms with Gasteiger partial charge in [0.05, 0.1) is 0 Å². The van der Waals surface area contributed by atoms with E-state index in [9.17, 15) is 0 Å². The average molecular weight is 620 g/mol. The van der Waals surface area contributed by atoms with Gasteiger partial charge in [0, 0.05) is 0 Å². The summed E-state index contributed by atoms with van der Waals surface area (Å²) < 4.78 is 2.25. The fourth-order valence-electron chi connectivity index (χ4n) is 4.71. The Kier molecular flexibility index (Phi) is 10.2. The van der Waals surface area contributed by atoms with E-state index in [0.717, 1.165) is 12.8 Å². The number of hydrogen-bond acceptors (Lipinski definition) is 1. The Hall–Kier alpha value is -2.54. The van der Waals surface area contributed by atoms with Crippen molar-refractivity contribution >= 4 is 42.2 Å². The summed E-state index contributed by atoms with van der Waals surface area (Å²) in [7, 11) is 0. The third-order valence-electron chi connectivity index (χ3n) is 7.14. The van der Waals surface area contributed by atoms with Crippen LogP contribution < -0.4 is 0 Å². The molecule has 6 rings (SSSR count). The molecule has 0 unspecified atom stereocenters. The molecule has 0 bridgehead atoms. The van der Waals surface area contributed by atoms with Gasteiger partial charge in [-0.2, -0.15) is 29.1 Å². The van der Waals surface area contributed by atoms with E-state index in [-0.39, 0.29) is 10.8 Å². The molecule has 2 heteroatoms. The van der Waals surface area contributed by atoms with Crippen LogP contribution in [0.2, 0.25) is 0 Å². The summed E-state index contributed by atoms with van der Waals surface area (Å²) in [5, 5.41) is 9.72. The molecule has 1 aromatic heterocycles. The number of fused-ring (bicyclic) bond motifs is 3. The van der Waals surface area contributed by atoms with Crippen molar-refractivity contribution in [2.75, 3.05) is 0 Å². The molecule has 1 heterocycles. The van der Waals surface area contributed by atoms with Crippen LogP contribution in [0, 0.1) is 6.08 Å². The quantitative estimate of drug-likeness (QED) is 0.176. The van der Waals surface area contributed by atoms with Gasteiger partial charge < -0.3 is 0 Å². The van der Waals surface area contributed by atoms with Crippen LogP contribution in [0.25, 0.3) is 27.1 Å². The number of rotatable bonds is 3. The van der Waals surface area contributed by atoms with Gasteiger partial charge in [-0.25, -0.2) is 0 Å². The van der Waals surface area contributed by atoms with Crippen LogP contribution in [0.15, 0.2) is 102 Å². The average Bonchev–Trinajstić information content (AvgIpc) is 3.69. The summed E-state index contributed by atoms with van der Waals surface area (Å²) in [5.41, 5.74) is 7.18. The molecular weight excluding hydrogens is 580 g/mol. The van der Waals surface area contributed by atoms with Crippen molar-refractivity contribution in [2.24, 2.45) is 0 Å². The first-order chi connectivity index (χ1) is 19.1. The van der Waals surface area contributed by atoms with Gasteiger partial charge in [0.1, 0.15) is 0 Å². The number of allylic oxidation sites excluding steroid dienone is 4. The molecule has 1 aliphatic carbocycles. The van der Waals surface area contributed by atoms with Gasteiger partial charge in [0.25, 0.3) is 0 Å². The summed E-state index contributed by atoms with van der Waals surface area (Å²) in [6, 6.07) is 28.8. The van der Waals surface area contributed by atoms with Gasteiger partial charge in [0.2, 0.25) is 0 Å². The minimum absolute atomic E-state index is 0.203. The second-order valence-electron chi connectivity index (χ2n) is 12.4. The van der Waals surface area contributed by atoms with E-state index in [0.29, 0.717) is 0 Å². The van der Waals surface area contributed by atoms with E-state index in [4.69, 9.17) is 0 Å². The Morgan fingerprint density at radius 1 is 0.825 bits per heavy atom. The van der Waals surface area contributed by atoms with Gasteiger partial charge in [0.15, 0.2) is 0 Å². The van der Waals surface area contributed by atoms with Crippen molar-refractivity contribution in [2.45, 2.75) is 65.2 Å². The first kappa shape index (κ1) is 30.4. The van der Waals surface area contributed by atoms with Crippen LogP contribution in [0.1, 0.15) is 70.2 Å². The third kappa shape index (κ3) is 8.02. The Morgan fingerprint density at radius 3 is 1.88 bits per heavy atom. The summed E-state index contributed by atoms with van der Waals surface area (Å²) in [6.45, 7) is 13.6. The second-order valence-corrected chi connectivity index (χ2v) is 14.1. The first-order valence-corrected chi connectivity index (χ1v) is 16.4. The molecule has 0 radical (unpaired) electrons. The monoisotopic (exact) mass is 618 g/mol. The molecule has 0 atom stereocenters. The third-order valence-corrected chi connectivity index (χ3v) is 8.33. The number of hydrogen-bond donors (Lipinski definition) is 0. The molecule has 0 amide bonds. The van der Waals surface area contributed by atoms with Crippen LogP contribution in [-0.2, 0) is 41.5 Å². The van der Waals surface area contributed by atoms with E-state index in [2.05, 4.69) is 147 Å². The fourth-order valence-corrected chi connectivity index (χ4v) is 5.94. The van der Waals surface area contributed by atoms with E-state index >= 15 is 0 Å². The van der Waals surface area contributed by atoms with Gasteiger partial charge in [-0.15, -0.1) is 51.4 Å². The van der Waals surface area contributed by atoms with Gasteiger partial charge >= 0.3 is 70.3 Å². The van der Waals surface area contributed by atoms with Crippen LogP contribution in [0.4, 0.5) is 0 Å². The molecule has 0 N–H and O–H groups in total. The standard InChI is InChI=1S/C21H25.C9H7S.C8H8.Zr/c1-20(2,3)16-7-9-18-14(12-16)11-15-13-17(21(4,5)6)8-10-19(15)18;1-2-4-8(3-1)9-5-6-10-7-9;1-2-8-6-4-3-5-7-8;/h7-13H,1-6H3;1,3,5-7H,2H2;1,3-7H,2H2;/q2*-1;;+2. The molecule has 0 fully saturated rings. The first-order valence-electron chi connectivity index (χ1n) is 14.0. The summed E-state index contributed by atoms with van der Waals surface area (Å²) in [5.74, 6) is 0. The Morgan fingerprint density at radius 2 is 1.43 bits per heavy atom. The second kappa shape index (κ2) is 13.4. The summed E-state index contributed by atoms with van der Waals surface area (Å²) in [4.78, 5) is 0. The molecule has 5 aromatic rings. The Balaban J connectivity index is 0.000000161. The fraction of sp³-hybridized carbons (Fsp3) is 0.263. The zero-order valence-corrected chi connectivity index (χ0v) is 28.0. The van der Waals surface area contributed by atoms with E-state index in [1.165, 1.54) is 73.6 Å². The van der Waals surface area contributed by atoms with Crippen molar-refractivity contribution in [3.63, 3.8) is 0 Å². The molecule has 0 spiro atoms. The predicted octanol–water partition coefficient (Wildman–Crippen LogP) is 10.8.